The molecule has 1 aliphatic heterocycles. The lowest BCUT2D eigenvalue weighted by atomic mass is 10.1. The number of aliphatic carboxylic acids is 4. The number of hydrogen-bond acceptors (Lipinski definition) is 10. The maximum Gasteiger partial charge on any atom is 0.320 e. The predicted molar refractivity (Wildman–Crippen MR) is 112 cm³/mol. The van der Waals surface area contributed by atoms with Crippen LogP contribution in [0.25, 0.3) is 0 Å². The summed E-state index contributed by atoms with van der Waals surface area (Å²) in [5, 5.41) is 39.2. The van der Waals surface area contributed by atoms with Crippen LogP contribution in [0.5, 0.6) is 0 Å². The second-order valence-corrected chi connectivity index (χ2v) is 7.56. The zero-order valence-corrected chi connectivity index (χ0v) is 18.3. The number of carboxylic acid groups (broad SMARTS) is 4. The van der Waals surface area contributed by atoms with Gasteiger partial charge in [-0.3, -0.25) is 38.7 Å². The fourth-order valence-corrected chi connectivity index (χ4v) is 3.36. The Balaban J connectivity index is 2.77. The van der Waals surface area contributed by atoms with Gasteiger partial charge in [0.15, 0.2) is 0 Å². The summed E-state index contributed by atoms with van der Waals surface area (Å²) in [6, 6.07) is -1.13. The first-order chi connectivity index (χ1) is 15.6. The van der Waals surface area contributed by atoms with Crippen molar-refractivity contribution >= 4 is 29.8 Å². The van der Waals surface area contributed by atoms with Crippen molar-refractivity contribution in [1.29, 1.82) is 0 Å². The van der Waals surface area contributed by atoms with Crippen molar-refractivity contribution in [2.24, 2.45) is 0 Å². The number of carboxylic acids is 4. The maximum absolute atomic E-state index is 11.8. The number of morpholine rings is 1. The van der Waals surface area contributed by atoms with Gasteiger partial charge in [0.05, 0.1) is 19.6 Å². The minimum absolute atomic E-state index is 0.110. The van der Waals surface area contributed by atoms with Crippen molar-refractivity contribution in [2.45, 2.75) is 18.9 Å². The summed E-state index contributed by atoms with van der Waals surface area (Å²) in [6.07, 6.45) is -0.516. The molecular formula is C19H32N4O10. The number of rotatable bonds is 18. The molecule has 0 aromatic carbocycles. The summed E-state index contributed by atoms with van der Waals surface area (Å²) >= 11 is 0. The van der Waals surface area contributed by atoms with Gasteiger partial charge in [0, 0.05) is 52.2 Å². The molecule has 5 N–H and O–H groups in total. The molecule has 1 atom stereocenters. The molecule has 0 amide bonds. The molecule has 14 nitrogen and oxygen atoms in total. The molecule has 0 aliphatic carbocycles. The topological polar surface area (TPSA) is 197 Å². The highest BCUT2D eigenvalue weighted by Crippen LogP contribution is 2.09. The Hall–Kier alpha value is -2.81. The Morgan fingerprint density at radius 2 is 1.73 bits per heavy atom. The van der Waals surface area contributed by atoms with Crippen LogP contribution in [0.4, 0.5) is 0 Å². The van der Waals surface area contributed by atoms with Gasteiger partial charge in [-0.15, -0.1) is 0 Å². The van der Waals surface area contributed by atoms with Crippen LogP contribution in [0.1, 0.15) is 12.8 Å². The third-order valence-corrected chi connectivity index (χ3v) is 5.03. The molecule has 0 spiro atoms. The van der Waals surface area contributed by atoms with E-state index in [1.54, 1.807) is 4.90 Å². The first-order valence-corrected chi connectivity index (χ1v) is 10.5. The van der Waals surface area contributed by atoms with Gasteiger partial charge in [0.1, 0.15) is 12.6 Å². The minimum atomic E-state index is -1.22. The van der Waals surface area contributed by atoms with Crippen molar-refractivity contribution in [2.75, 3.05) is 72.1 Å². The number of hydrogen-bond donors (Lipinski definition) is 5. The smallest absolute Gasteiger partial charge is 0.320 e. The van der Waals surface area contributed by atoms with Gasteiger partial charge in [0.2, 0.25) is 0 Å². The van der Waals surface area contributed by atoms with E-state index in [2.05, 4.69) is 5.32 Å². The Bertz CT molecular complexity index is 689. The van der Waals surface area contributed by atoms with Crippen LogP contribution >= 0.6 is 0 Å². The molecule has 0 bridgehead atoms. The van der Waals surface area contributed by atoms with Crippen molar-refractivity contribution in [3.05, 3.63) is 0 Å². The summed E-state index contributed by atoms with van der Waals surface area (Å²) in [7, 11) is 0. The van der Waals surface area contributed by atoms with Gasteiger partial charge in [-0.1, -0.05) is 0 Å². The zero-order chi connectivity index (χ0) is 24.8. The molecule has 0 aromatic rings. The molecule has 1 fully saturated rings. The van der Waals surface area contributed by atoms with Crippen LogP contribution in [-0.2, 0) is 28.7 Å². The molecule has 188 valence electrons. The molecule has 0 aromatic heterocycles. The van der Waals surface area contributed by atoms with E-state index in [0.29, 0.717) is 19.6 Å². The zero-order valence-electron chi connectivity index (χ0n) is 18.3. The fourth-order valence-electron chi connectivity index (χ4n) is 3.36. The first-order valence-electron chi connectivity index (χ1n) is 10.5. The monoisotopic (exact) mass is 476 g/mol. The Labute approximate surface area is 190 Å². The van der Waals surface area contributed by atoms with Gasteiger partial charge in [-0.25, -0.2) is 0 Å². The maximum atomic E-state index is 11.8. The molecule has 1 rings (SSSR count). The van der Waals surface area contributed by atoms with Crippen LogP contribution in [0.2, 0.25) is 0 Å². The number of nitrogens with one attached hydrogen (secondary N) is 1. The molecule has 1 heterocycles. The average Bonchev–Trinajstić information content (AvgIpc) is 2.71. The molecular weight excluding hydrogens is 444 g/mol. The largest absolute Gasteiger partial charge is 0.481 e. The lowest BCUT2D eigenvalue weighted by Crippen LogP contribution is -2.50. The Kier molecular flexibility index (Phi) is 12.9. The number of nitrogens with zero attached hydrogens (tertiary/aromatic N) is 3. The van der Waals surface area contributed by atoms with Gasteiger partial charge in [0.25, 0.3) is 0 Å². The molecule has 14 heteroatoms. The number of esters is 1. The Morgan fingerprint density at radius 1 is 1.00 bits per heavy atom. The summed E-state index contributed by atoms with van der Waals surface area (Å²) in [5.41, 5.74) is 0. The molecule has 1 aliphatic rings. The molecule has 1 unspecified atom stereocenters. The van der Waals surface area contributed by atoms with E-state index >= 15 is 0 Å². The highest BCUT2D eigenvalue weighted by molar-refractivity contribution is 5.75. The summed E-state index contributed by atoms with van der Waals surface area (Å²) in [5.74, 6) is -4.85. The van der Waals surface area contributed by atoms with E-state index < -0.39 is 29.9 Å². The van der Waals surface area contributed by atoms with E-state index in [1.165, 1.54) is 4.90 Å². The van der Waals surface area contributed by atoms with Gasteiger partial charge in [-0.05, 0) is 6.42 Å². The van der Waals surface area contributed by atoms with Gasteiger partial charge >= 0.3 is 29.8 Å². The number of cyclic esters (lactones) is 1. The van der Waals surface area contributed by atoms with Crippen LogP contribution in [-0.4, -0.2) is 143 Å². The lowest BCUT2D eigenvalue weighted by molar-refractivity contribution is -0.151. The summed E-state index contributed by atoms with van der Waals surface area (Å²) < 4.78 is 4.87. The average molecular weight is 476 g/mol. The second kappa shape index (κ2) is 15.1. The lowest BCUT2D eigenvalue weighted by Gasteiger charge is -2.32. The predicted octanol–water partition coefficient (Wildman–Crippen LogP) is -2.47. The van der Waals surface area contributed by atoms with Crippen molar-refractivity contribution in [3.63, 3.8) is 0 Å². The molecule has 33 heavy (non-hydrogen) atoms. The first kappa shape index (κ1) is 28.2. The highest BCUT2D eigenvalue weighted by atomic mass is 16.5. The standard InChI is InChI=1S/C19H32N4O10/c24-15(25)2-1-14(19(31)32)23(4-3-20-11-16(26)27)8-7-21(12-17(28)29)5-6-22-9-10-33-18(30)13-22/h14,20H,1-13H2,(H,24,25)(H,26,27)(H,28,29)(H,31,32). The van der Waals surface area contributed by atoms with Crippen molar-refractivity contribution in [3.8, 4) is 0 Å². The van der Waals surface area contributed by atoms with Crippen LogP contribution in [0.3, 0.4) is 0 Å². The fraction of sp³-hybridized carbons (Fsp3) is 0.737. The normalized spacial score (nSPS) is 15.4. The molecule has 0 saturated carbocycles. The van der Waals surface area contributed by atoms with E-state index in [-0.39, 0.29) is 71.2 Å². The molecule has 0 radical (unpaired) electrons. The van der Waals surface area contributed by atoms with Crippen molar-refractivity contribution < 1.29 is 49.1 Å². The van der Waals surface area contributed by atoms with Crippen LogP contribution < -0.4 is 5.32 Å². The third-order valence-electron chi connectivity index (χ3n) is 5.03. The third kappa shape index (κ3) is 12.7. The summed E-state index contributed by atoms with van der Waals surface area (Å²) in [6.45, 7) is 1.62. The van der Waals surface area contributed by atoms with Crippen molar-refractivity contribution in [1.82, 2.24) is 20.0 Å². The van der Waals surface area contributed by atoms with E-state index in [9.17, 15) is 34.2 Å². The quantitative estimate of drug-likeness (QED) is 0.103. The second-order valence-electron chi connectivity index (χ2n) is 7.56. The highest BCUT2D eigenvalue weighted by Gasteiger charge is 2.27. The number of ether oxygens (including phenoxy) is 1. The van der Waals surface area contributed by atoms with E-state index in [1.807, 2.05) is 4.90 Å². The minimum Gasteiger partial charge on any atom is -0.481 e. The van der Waals surface area contributed by atoms with Crippen LogP contribution in [0.15, 0.2) is 0 Å². The van der Waals surface area contributed by atoms with E-state index in [0.717, 1.165) is 0 Å². The van der Waals surface area contributed by atoms with Gasteiger partial charge < -0.3 is 30.5 Å². The number of carbonyl (C=O) groups excluding carboxylic acids is 1. The Morgan fingerprint density at radius 3 is 2.30 bits per heavy atom. The van der Waals surface area contributed by atoms with Crippen LogP contribution in [0, 0.1) is 0 Å². The summed E-state index contributed by atoms with van der Waals surface area (Å²) in [4.78, 5) is 61.0. The number of carbonyl (C=O) groups is 5. The molecule has 1 saturated heterocycles. The van der Waals surface area contributed by atoms with Gasteiger partial charge in [-0.2, -0.15) is 0 Å². The van der Waals surface area contributed by atoms with E-state index in [4.69, 9.17) is 14.9 Å². The SMILES string of the molecule is O=C(O)CCC(C(=O)O)N(CCNCC(=O)O)CCN(CCN1CCOC(=O)C1)CC(=O)O.